The van der Waals surface area contributed by atoms with E-state index < -0.39 is 15.7 Å². The number of amides is 1. The van der Waals surface area contributed by atoms with Gasteiger partial charge in [-0.3, -0.25) is 9.20 Å². The number of hydrogen-bond donors (Lipinski definition) is 1. The van der Waals surface area contributed by atoms with Crippen molar-refractivity contribution in [3.63, 3.8) is 0 Å². The lowest BCUT2D eigenvalue weighted by Crippen LogP contribution is -2.12. The van der Waals surface area contributed by atoms with Gasteiger partial charge in [0, 0.05) is 29.3 Å². The number of nitrogens with one attached hydrogen (secondary N) is 1. The minimum absolute atomic E-state index is 0.144. The van der Waals surface area contributed by atoms with Crippen LogP contribution >= 0.6 is 23.2 Å². The number of halogens is 2. The van der Waals surface area contributed by atoms with Crippen LogP contribution in [0.5, 0.6) is 0 Å². The first-order valence-electron chi connectivity index (χ1n) is 8.65. The van der Waals surface area contributed by atoms with Crippen molar-refractivity contribution < 1.29 is 13.2 Å². The molecule has 0 fully saturated rings. The fraction of sp³-hybridized carbons (Fsp3) is 0.0500. The summed E-state index contributed by atoms with van der Waals surface area (Å²) in [4.78, 5) is 12.7. The summed E-state index contributed by atoms with van der Waals surface area (Å²) in [7, 11) is -3.33. The molecule has 0 atom stereocenters. The molecule has 2 aromatic carbocycles. The molecule has 4 aromatic rings. The largest absolute Gasteiger partial charge is 0.322 e. The summed E-state index contributed by atoms with van der Waals surface area (Å²) in [5.74, 6) is 0.0866. The molecular formula is C20H14Cl2N4O3S. The number of carbonyl (C=O) groups is 1. The van der Waals surface area contributed by atoms with Crippen LogP contribution in [0, 0.1) is 0 Å². The lowest BCUT2D eigenvalue weighted by atomic mass is 10.1. The van der Waals surface area contributed by atoms with Crippen molar-refractivity contribution >= 4 is 50.3 Å². The second kappa shape index (κ2) is 7.71. The van der Waals surface area contributed by atoms with Gasteiger partial charge in [0.15, 0.2) is 21.3 Å². The third-order valence-corrected chi connectivity index (χ3v) is 6.15. The van der Waals surface area contributed by atoms with E-state index in [1.165, 1.54) is 24.3 Å². The fourth-order valence-electron chi connectivity index (χ4n) is 2.90. The van der Waals surface area contributed by atoms with Crippen LogP contribution in [0.2, 0.25) is 10.0 Å². The molecule has 30 heavy (non-hydrogen) atoms. The van der Waals surface area contributed by atoms with Gasteiger partial charge in [0.1, 0.15) is 0 Å². The third kappa shape index (κ3) is 3.89. The van der Waals surface area contributed by atoms with Crippen LogP contribution in [-0.2, 0) is 9.84 Å². The molecule has 0 aliphatic rings. The summed E-state index contributed by atoms with van der Waals surface area (Å²) in [5.41, 5.74) is 1.87. The molecule has 1 N–H and O–H groups in total. The van der Waals surface area contributed by atoms with Crippen LogP contribution in [0.15, 0.2) is 65.7 Å². The van der Waals surface area contributed by atoms with Crippen molar-refractivity contribution in [1.82, 2.24) is 14.6 Å². The molecule has 2 aromatic heterocycles. The monoisotopic (exact) mass is 460 g/mol. The molecule has 152 valence electrons. The molecule has 0 radical (unpaired) electrons. The summed E-state index contributed by atoms with van der Waals surface area (Å²) < 4.78 is 24.8. The van der Waals surface area contributed by atoms with Gasteiger partial charge in [-0.05, 0) is 54.6 Å². The molecule has 0 saturated heterocycles. The predicted octanol–water partition coefficient (Wildman–Crippen LogP) is 4.36. The van der Waals surface area contributed by atoms with Gasteiger partial charge in [-0.15, -0.1) is 10.2 Å². The average molecular weight is 461 g/mol. The summed E-state index contributed by atoms with van der Waals surface area (Å²) in [6.07, 6.45) is 2.88. The van der Waals surface area contributed by atoms with Gasteiger partial charge in [-0.25, -0.2) is 8.42 Å². The number of aromatic nitrogens is 3. The molecule has 0 spiro atoms. The lowest BCUT2D eigenvalue weighted by molar-refractivity contribution is 0.102. The Morgan fingerprint density at radius 1 is 1.00 bits per heavy atom. The molecule has 1 amide bonds. The number of benzene rings is 2. The molecule has 0 aliphatic heterocycles. The zero-order chi connectivity index (χ0) is 21.5. The Hall–Kier alpha value is -2.94. The summed E-state index contributed by atoms with van der Waals surface area (Å²) in [6.45, 7) is 0. The fourth-order valence-corrected chi connectivity index (χ4v) is 3.93. The highest BCUT2D eigenvalue weighted by atomic mass is 35.5. The van der Waals surface area contributed by atoms with Gasteiger partial charge >= 0.3 is 0 Å². The summed E-state index contributed by atoms with van der Waals surface area (Å²) in [6, 6.07) is 14.2. The maximum atomic E-state index is 12.6. The smallest absolute Gasteiger partial charge is 0.255 e. The molecule has 7 nitrogen and oxygen atoms in total. The van der Waals surface area contributed by atoms with Crippen molar-refractivity contribution in [2.75, 3.05) is 11.6 Å². The van der Waals surface area contributed by atoms with E-state index >= 15 is 0 Å². The van der Waals surface area contributed by atoms with Crippen molar-refractivity contribution in [1.29, 1.82) is 0 Å². The second-order valence-corrected chi connectivity index (χ2v) is 9.35. The second-order valence-electron chi connectivity index (χ2n) is 6.52. The zero-order valence-corrected chi connectivity index (χ0v) is 17.8. The Kier molecular flexibility index (Phi) is 5.23. The number of nitrogens with zero attached hydrogens (tertiary/aromatic N) is 3. The van der Waals surface area contributed by atoms with E-state index in [9.17, 15) is 13.2 Å². The molecule has 4 rings (SSSR count). The molecule has 0 bridgehead atoms. The number of fused-ring (bicyclic) bond motifs is 1. The average Bonchev–Trinajstić information content (AvgIpc) is 3.14. The molecule has 2 heterocycles. The topological polar surface area (TPSA) is 93.4 Å². The van der Waals surface area contributed by atoms with E-state index in [1.54, 1.807) is 40.9 Å². The minimum Gasteiger partial charge on any atom is -0.322 e. The quantitative estimate of drug-likeness (QED) is 0.488. The Labute approximate surface area is 182 Å². The highest BCUT2D eigenvalue weighted by Gasteiger charge is 2.15. The minimum atomic E-state index is -3.33. The maximum absolute atomic E-state index is 12.6. The number of pyridine rings is 1. The van der Waals surface area contributed by atoms with Gasteiger partial charge in [-0.1, -0.05) is 23.2 Å². The Morgan fingerprint density at radius 2 is 1.73 bits per heavy atom. The molecule has 0 saturated carbocycles. The molecule has 10 heteroatoms. The first-order valence-corrected chi connectivity index (χ1v) is 11.3. The van der Waals surface area contributed by atoms with Crippen LogP contribution < -0.4 is 5.32 Å². The van der Waals surface area contributed by atoms with E-state index in [-0.39, 0.29) is 4.90 Å². The van der Waals surface area contributed by atoms with Crippen LogP contribution in [0.1, 0.15) is 10.4 Å². The van der Waals surface area contributed by atoms with Crippen molar-refractivity contribution in [3.8, 4) is 11.4 Å². The maximum Gasteiger partial charge on any atom is 0.255 e. The molecular weight excluding hydrogens is 447 g/mol. The number of sulfone groups is 1. The van der Waals surface area contributed by atoms with Crippen LogP contribution in [-0.4, -0.2) is 35.2 Å². The number of anilines is 1. The van der Waals surface area contributed by atoms with Crippen LogP contribution in [0.4, 0.5) is 5.69 Å². The predicted molar refractivity (Wildman–Crippen MR) is 116 cm³/mol. The number of hydrogen-bond acceptors (Lipinski definition) is 5. The highest BCUT2D eigenvalue weighted by Crippen LogP contribution is 2.31. The first kappa shape index (κ1) is 20.3. The Bertz CT molecular complexity index is 1380. The van der Waals surface area contributed by atoms with Crippen molar-refractivity contribution in [2.45, 2.75) is 4.90 Å². The highest BCUT2D eigenvalue weighted by molar-refractivity contribution is 7.90. The van der Waals surface area contributed by atoms with Crippen molar-refractivity contribution in [2.24, 2.45) is 0 Å². The van der Waals surface area contributed by atoms with Gasteiger partial charge in [0.25, 0.3) is 5.91 Å². The van der Waals surface area contributed by atoms with Crippen LogP contribution in [0.25, 0.3) is 17.0 Å². The Balaban J connectivity index is 1.65. The first-order chi connectivity index (χ1) is 14.2. The van der Waals surface area contributed by atoms with Crippen LogP contribution in [0.3, 0.4) is 0 Å². The number of carbonyl (C=O) groups excluding carboxylic acids is 1. The third-order valence-electron chi connectivity index (χ3n) is 4.40. The van der Waals surface area contributed by atoms with E-state index in [1.807, 2.05) is 0 Å². The van der Waals surface area contributed by atoms with Gasteiger partial charge in [0.2, 0.25) is 0 Å². The zero-order valence-electron chi connectivity index (χ0n) is 15.5. The SMILES string of the molecule is CS(=O)(=O)c1ccc(C(=O)Nc2ccc(Cl)c(-c3nnc4c(Cl)cccn34)c2)cc1. The van der Waals surface area contributed by atoms with E-state index in [0.717, 1.165) is 6.26 Å². The number of rotatable bonds is 4. The van der Waals surface area contributed by atoms with Gasteiger partial charge in [0.05, 0.1) is 14.9 Å². The summed E-state index contributed by atoms with van der Waals surface area (Å²) >= 11 is 12.5. The van der Waals surface area contributed by atoms with Gasteiger partial charge < -0.3 is 5.32 Å². The standard InChI is InChI=1S/C20H14Cl2N4O3S/c1-30(28,29)14-7-4-12(5-8-14)20(27)23-13-6-9-16(21)15(11-13)18-24-25-19-17(22)3-2-10-26(18)19/h2-11H,1H3,(H,23,27). The normalized spacial score (nSPS) is 11.6. The summed E-state index contributed by atoms with van der Waals surface area (Å²) in [5, 5.41) is 11.9. The van der Waals surface area contributed by atoms with Gasteiger partial charge in [-0.2, -0.15) is 0 Å². The van der Waals surface area contributed by atoms with E-state index in [0.29, 0.717) is 38.3 Å². The van der Waals surface area contributed by atoms with E-state index in [4.69, 9.17) is 23.2 Å². The Morgan fingerprint density at radius 3 is 2.43 bits per heavy atom. The van der Waals surface area contributed by atoms with Crippen molar-refractivity contribution in [3.05, 3.63) is 76.4 Å². The lowest BCUT2D eigenvalue weighted by Gasteiger charge is -2.09. The molecule has 0 unspecified atom stereocenters. The van der Waals surface area contributed by atoms with E-state index in [2.05, 4.69) is 15.5 Å². The molecule has 0 aliphatic carbocycles.